The van der Waals surface area contributed by atoms with Crippen LogP contribution in [0.2, 0.25) is 0 Å². The Hall–Kier alpha value is -0.810. The summed E-state index contributed by atoms with van der Waals surface area (Å²) < 4.78 is 0. The number of nitriles is 1. The number of aliphatic hydroxyl groups is 1. The standard InChI is InChI=1S/C29H47NO/c1-20(2)8-7-9-21(3)23-10-11-24-22-12-15-29(19-30)18-26(4,31)16-17-28(29,6)25(22)13-14-27(23,24)5/h20-21,23-24,31H,7-18H2,1-6H3/t21-,23-,24?,26-,27-,28-,29+/m1/s1. The maximum atomic E-state index is 10.8. The van der Waals surface area contributed by atoms with E-state index in [-0.39, 0.29) is 10.8 Å². The largest absolute Gasteiger partial charge is 0.390 e. The van der Waals surface area contributed by atoms with Crippen LogP contribution < -0.4 is 0 Å². The van der Waals surface area contributed by atoms with Crippen molar-refractivity contribution in [3.05, 3.63) is 11.1 Å². The summed E-state index contributed by atoms with van der Waals surface area (Å²) in [6, 6.07) is 2.78. The summed E-state index contributed by atoms with van der Waals surface area (Å²) in [6.45, 7) is 14.2. The Balaban J connectivity index is 1.60. The van der Waals surface area contributed by atoms with Gasteiger partial charge in [-0.3, -0.25) is 0 Å². The lowest BCUT2D eigenvalue weighted by atomic mass is 9.44. The molecule has 31 heavy (non-hydrogen) atoms. The number of hydrogen-bond acceptors (Lipinski definition) is 2. The SMILES string of the molecule is CC(C)CCC[C@@H](C)[C@H]1CCC2C3=C(CC[C@@]21C)[C@@]1(C)CC[C@@](C)(O)C[C@]1(C#N)CC3. The molecule has 2 saturated carbocycles. The Bertz CT molecular complexity index is 772. The molecule has 4 aliphatic rings. The lowest BCUT2D eigenvalue weighted by Crippen LogP contribution is -2.54. The van der Waals surface area contributed by atoms with Crippen LogP contribution in [0.5, 0.6) is 0 Å². The zero-order valence-electron chi connectivity index (χ0n) is 21.2. The maximum Gasteiger partial charge on any atom is 0.0700 e. The highest BCUT2D eigenvalue weighted by Gasteiger charge is 2.62. The predicted octanol–water partition coefficient (Wildman–Crippen LogP) is 7.82. The van der Waals surface area contributed by atoms with Gasteiger partial charge in [0.2, 0.25) is 0 Å². The Kier molecular flexibility index (Phi) is 5.95. The van der Waals surface area contributed by atoms with E-state index >= 15 is 0 Å². The third kappa shape index (κ3) is 3.62. The molecule has 2 fully saturated rings. The first-order valence-corrected chi connectivity index (χ1v) is 13.3. The fourth-order valence-electron chi connectivity index (χ4n) is 8.96. The van der Waals surface area contributed by atoms with Gasteiger partial charge < -0.3 is 5.11 Å². The van der Waals surface area contributed by atoms with Crippen molar-refractivity contribution in [2.75, 3.05) is 0 Å². The number of nitrogens with zero attached hydrogens (tertiary/aromatic N) is 1. The first-order valence-electron chi connectivity index (χ1n) is 13.3. The topological polar surface area (TPSA) is 44.0 Å². The van der Waals surface area contributed by atoms with E-state index in [1.807, 2.05) is 6.92 Å². The summed E-state index contributed by atoms with van der Waals surface area (Å²) in [7, 11) is 0. The van der Waals surface area contributed by atoms with Crippen LogP contribution in [0.25, 0.3) is 0 Å². The second-order valence-electron chi connectivity index (χ2n) is 13.2. The van der Waals surface area contributed by atoms with Crippen molar-refractivity contribution in [1.29, 1.82) is 5.26 Å². The summed E-state index contributed by atoms with van der Waals surface area (Å²) in [5, 5.41) is 21.2. The summed E-state index contributed by atoms with van der Waals surface area (Å²) in [4.78, 5) is 0. The Morgan fingerprint density at radius 1 is 1.00 bits per heavy atom. The highest BCUT2D eigenvalue weighted by atomic mass is 16.3. The number of hydrogen-bond donors (Lipinski definition) is 1. The quantitative estimate of drug-likeness (QED) is 0.456. The molecular weight excluding hydrogens is 378 g/mol. The number of fused-ring (bicyclic) bond motifs is 4. The molecule has 2 heteroatoms. The van der Waals surface area contributed by atoms with Crippen LogP contribution in [-0.2, 0) is 0 Å². The van der Waals surface area contributed by atoms with Gasteiger partial charge in [-0.2, -0.15) is 5.26 Å². The number of rotatable bonds is 5. The number of allylic oxidation sites excluding steroid dienone is 2. The van der Waals surface area contributed by atoms with E-state index < -0.39 is 5.60 Å². The first-order chi connectivity index (χ1) is 14.5. The molecule has 0 amide bonds. The molecular formula is C29H47NO. The van der Waals surface area contributed by atoms with Gasteiger partial charge in [0.25, 0.3) is 0 Å². The molecule has 0 bridgehead atoms. The van der Waals surface area contributed by atoms with Gasteiger partial charge in [0.1, 0.15) is 0 Å². The Labute approximate surface area is 191 Å². The molecule has 2 nitrogen and oxygen atoms in total. The van der Waals surface area contributed by atoms with E-state index in [1.54, 1.807) is 11.1 Å². The minimum Gasteiger partial charge on any atom is -0.390 e. The molecule has 4 aliphatic carbocycles. The fourth-order valence-corrected chi connectivity index (χ4v) is 8.96. The van der Waals surface area contributed by atoms with Crippen LogP contribution in [-0.4, -0.2) is 10.7 Å². The van der Waals surface area contributed by atoms with E-state index in [2.05, 4.69) is 40.7 Å². The summed E-state index contributed by atoms with van der Waals surface area (Å²) >= 11 is 0. The van der Waals surface area contributed by atoms with Crippen molar-refractivity contribution in [3.8, 4) is 6.07 Å². The molecule has 0 aromatic rings. The molecule has 0 radical (unpaired) electrons. The highest BCUT2D eigenvalue weighted by Crippen LogP contribution is 2.69. The van der Waals surface area contributed by atoms with Crippen LogP contribution in [0.4, 0.5) is 0 Å². The van der Waals surface area contributed by atoms with Gasteiger partial charge in [-0.25, -0.2) is 0 Å². The normalized spacial score (nSPS) is 45.6. The van der Waals surface area contributed by atoms with Gasteiger partial charge >= 0.3 is 0 Å². The van der Waals surface area contributed by atoms with Gasteiger partial charge in [0.05, 0.1) is 17.1 Å². The van der Waals surface area contributed by atoms with Crippen LogP contribution in [0.1, 0.15) is 119 Å². The van der Waals surface area contributed by atoms with Crippen molar-refractivity contribution in [3.63, 3.8) is 0 Å². The monoisotopic (exact) mass is 425 g/mol. The summed E-state index contributed by atoms with van der Waals surface area (Å²) in [6.07, 6.45) is 13.9. The molecule has 1 N–H and O–H groups in total. The van der Waals surface area contributed by atoms with Crippen molar-refractivity contribution < 1.29 is 5.11 Å². The van der Waals surface area contributed by atoms with Crippen LogP contribution >= 0.6 is 0 Å². The molecule has 0 spiro atoms. The maximum absolute atomic E-state index is 10.8. The second-order valence-corrected chi connectivity index (χ2v) is 13.2. The predicted molar refractivity (Wildman–Crippen MR) is 128 cm³/mol. The third-order valence-electron chi connectivity index (χ3n) is 10.9. The van der Waals surface area contributed by atoms with Gasteiger partial charge in [-0.05, 0) is 93.8 Å². The van der Waals surface area contributed by atoms with E-state index in [9.17, 15) is 10.4 Å². The summed E-state index contributed by atoms with van der Waals surface area (Å²) in [5.41, 5.74) is 2.80. The third-order valence-corrected chi connectivity index (χ3v) is 10.9. The minimum atomic E-state index is -0.680. The molecule has 4 rings (SSSR count). The Morgan fingerprint density at radius 2 is 1.74 bits per heavy atom. The summed E-state index contributed by atoms with van der Waals surface area (Å²) in [5.74, 6) is 3.25. The van der Waals surface area contributed by atoms with Gasteiger partial charge in [-0.15, -0.1) is 0 Å². The molecule has 0 aromatic carbocycles. The van der Waals surface area contributed by atoms with Crippen LogP contribution in [0.15, 0.2) is 11.1 Å². The van der Waals surface area contributed by atoms with Gasteiger partial charge in [0, 0.05) is 5.41 Å². The Morgan fingerprint density at radius 3 is 2.42 bits per heavy atom. The van der Waals surface area contributed by atoms with Crippen molar-refractivity contribution in [2.45, 2.75) is 124 Å². The second kappa shape index (κ2) is 7.90. The van der Waals surface area contributed by atoms with Crippen molar-refractivity contribution in [1.82, 2.24) is 0 Å². The molecule has 0 aliphatic heterocycles. The lowest BCUT2D eigenvalue weighted by molar-refractivity contribution is -0.0806. The molecule has 0 aromatic heterocycles. The highest BCUT2D eigenvalue weighted by molar-refractivity contribution is 5.39. The average molecular weight is 426 g/mol. The van der Waals surface area contributed by atoms with Crippen molar-refractivity contribution >= 4 is 0 Å². The molecule has 174 valence electrons. The van der Waals surface area contributed by atoms with E-state index in [4.69, 9.17) is 0 Å². The zero-order chi connectivity index (χ0) is 22.7. The minimum absolute atomic E-state index is 0.0279. The molecule has 7 atom stereocenters. The fraction of sp³-hybridized carbons (Fsp3) is 0.897. The van der Waals surface area contributed by atoms with Crippen LogP contribution in [0, 0.1) is 51.2 Å². The van der Waals surface area contributed by atoms with E-state index in [0.29, 0.717) is 11.8 Å². The van der Waals surface area contributed by atoms with Gasteiger partial charge in [0.15, 0.2) is 0 Å². The smallest absolute Gasteiger partial charge is 0.0700 e. The van der Waals surface area contributed by atoms with E-state index in [0.717, 1.165) is 49.4 Å². The van der Waals surface area contributed by atoms with E-state index in [1.165, 1.54) is 44.9 Å². The van der Waals surface area contributed by atoms with Crippen LogP contribution in [0.3, 0.4) is 0 Å². The molecule has 0 saturated heterocycles. The molecule has 0 heterocycles. The molecule has 1 unspecified atom stereocenters. The van der Waals surface area contributed by atoms with Gasteiger partial charge in [-0.1, -0.05) is 65.0 Å². The first kappa shape index (κ1) is 23.4. The average Bonchev–Trinajstić information content (AvgIpc) is 3.05. The zero-order valence-corrected chi connectivity index (χ0v) is 21.2. The lowest BCUT2D eigenvalue weighted by Gasteiger charge is -2.59. The van der Waals surface area contributed by atoms with Crippen molar-refractivity contribution in [2.24, 2.45) is 39.9 Å².